The first-order chi connectivity index (χ1) is 9.54. The Bertz CT molecular complexity index is 517. The molecule has 0 saturated carbocycles. The molecule has 0 aromatic carbocycles. The molecular formula is C14H16N2O3S. The number of esters is 1. The molecule has 5 nitrogen and oxygen atoms in total. The fourth-order valence-electron chi connectivity index (χ4n) is 1.44. The van der Waals surface area contributed by atoms with Crippen LogP contribution in [-0.4, -0.2) is 36.5 Å². The maximum atomic E-state index is 11.8. The fraction of sp³-hybridized carbons (Fsp3) is 0.357. The van der Waals surface area contributed by atoms with Crippen LogP contribution in [0.4, 0.5) is 0 Å². The third kappa shape index (κ3) is 5.24. The van der Waals surface area contributed by atoms with Crippen molar-refractivity contribution < 1.29 is 14.3 Å². The molecule has 0 radical (unpaired) electrons. The minimum atomic E-state index is -0.862. The van der Waals surface area contributed by atoms with Crippen molar-refractivity contribution in [1.29, 1.82) is 5.26 Å². The van der Waals surface area contributed by atoms with Crippen LogP contribution in [-0.2, 0) is 14.3 Å². The van der Waals surface area contributed by atoms with Gasteiger partial charge < -0.3 is 9.64 Å². The van der Waals surface area contributed by atoms with Crippen LogP contribution < -0.4 is 0 Å². The van der Waals surface area contributed by atoms with Crippen LogP contribution in [0.15, 0.2) is 23.6 Å². The molecule has 1 aromatic rings. The highest BCUT2D eigenvalue weighted by Crippen LogP contribution is 2.10. The van der Waals surface area contributed by atoms with Crippen molar-refractivity contribution in [2.24, 2.45) is 0 Å². The van der Waals surface area contributed by atoms with Gasteiger partial charge in [-0.15, -0.1) is 11.3 Å². The van der Waals surface area contributed by atoms with Gasteiger partial charge >= 0.3 is 5.97 Å². The molecule has 1 atom stereocenters. The summed E-state index contributed by atoms with van der Waals surface area (Å²) >= 11 is 1.50. The summed E-state index contributed by atoms with van der Waals surface area (Å²) in [6, 6.07) is 5.71. The Morgan fingerprint density at radius 1 is 1.60 bits per heavy atom. The Morgan fingerprint density at radius 2 is 2.35 bits per heavy atom. The molecule has 1 aromatic heterocycles. The summed E-state index contributed by atoms with van der Waals surface area (Å²) in [6.45, 7) is 1.84. The lowest BCUT2D eigenvalue weighted by Crippen LogP contribution is -2.37. The smallest absolute Gasteiger partial charge is 0.331 e. The van der Waals surface area contributed by atoms with Crippen LogP contribution in [0.3, 0.4) is 0 Å². The summed E-state index contributed by atoms with van der Waals surface area (Å²) in [4.78, 5) is 25.7. The number of thiophene rings is 1. The molecule has 1 amide bonds. The molecule has 0 aliphatic carbocycles. The summed E-state index contributed by atoms with van der Waals surface area (Å²) in [7, 11) is 1.57. The van der Waals surface area contributed by atoms with E-state index in [9.17, 15) is 9.59 Å². The van der Waals surface area contributed by atoms with E-state index >= 15 is 0 Å². The third-order valence-electron chi connectivity index (χ3n) is 2.50. The Kier molecular flexibility index (Phi) is 6.47. The SMILES string of the molecule is C[C@H](OC(=O)/C=C/c1cccs1)C(=O)N(C)CCC#N. The van der Waals surface area contributed by atoms with Gasteiger partial charge in [0.1, 0.15) is 0 Å². The minimum Gasteiger partial charge on any atom is -0.449 e. The topological polar surface area (TPSA) is 70.4 Å². The quantitative estimate of drug-likeness (QED) is 0.594. The average Bonchev–Trinajstić information content (AvgIpc) is 2.94. The first kappa shape index (κ1) is 15.9. The molecule has 1 heterocycles. The van der Waals surface area contributed by atoms with E-state index in [4.69, 9.17) is 10.00 Å². The summed E-state index contributed by atoms with van der Waals surface area (Å²) in [6.07, 6.45) is 2.33. The number of nitrogens with zero attached hydrogens (tertiary/aromatic N) is 2. The largest absolute Gasteiger partial charge is 0.449 e. The number of likely N-dealkylation sites (N-methyl/N-ethyl adjacent to an activating group) is 1. The number of hydrogen-bond donors (Lipinski definition) is 0. The predicted octanol–water partition coefficient (Wildman–Crippen LogP) is 2.07. The zero-order valence-corrected chi connectivity index (χ0v) is 12.2. The number of nitriles is 1. The summed E-state index contributed by atoms with van der Waals surface area (Å²) in [5.74, 6) is -0.883. The van der Waals surface area contributed by atoms with Crippen LogP contribution in [0.25, 0.3) is 6.08 Å². The van der Waals surface area contributed by atoms with Crippen molar-refractivity contribution in [2.75, 3.05) is 13.6 Å². The van der Waals surface area contributed by atoms with E-state index in [-0.39, 0.29) is 12.3 Å². The van der Waals surface area contributed by atoms with Gasteiger partial charge in [-0.05, 0) is 24.4 Å². The standard InChI is InChI=1S/C14H16N2O3S/c1-11(14(18)16(2)9-4-8-15)19-13(17)7-6-12-5-3-10-20-12/h3,5-7,10-11H,4,9H2,1-2H3/b7-6+/t11-/m0/s1. The average molecular weight is 292 g/mol. The fourth-order valence-corrected chi connectivity index (χ4v) is 2.06. The van der Waals surface area contributed by atoms with E-state index in [1.165, 1.54) is 29.2 Å². The van der Waals surface area contributed by atoms with Crippen molar-refractivity contribution in [3.05, 3.63) is 28.5 Å². The predicted molar refractivity (Wildman–Crippen MR) is 76.8 cm³/mol. The molecule has 0 fully saturated rings. The molecule has 6 heteroatoms. The summed E-state index contributed by atoms with van der Waals surface area (Å²) < 4.78 is 5.02. The van der Waals surface area contributed by atoms with Gasteiger partial charge in [0.2, 0.25) is 0 Å². The highest BCUT2D eigenvalue weighted by molar-refractivity contribution is 7.10. The molecule has 1 rings (SSSR count). The van der Waals surface area contributed by atoms with Gasteiger partial charge in [-0.1, -0.05) is 6.07 Å². The molecule has 0 unspecified atom stereocenters. The highest BCUT2D eigenvalue weighted by Gasteiger charge is 2.20. The van der Waals surface area contributed by atoms with E-state index in [1.807, 2.05) is 23.6 Å². The molecule has 0 spiro atoms. The van der Waals surface area contributed by atoms with Crippen LogP contribution >= 0.6 is 11.3 Å². The van der Waals surface area contributed by atoms with Gasteiger partial charge in [0.25, 0.3) is 5.91 Å². The van der Waals surface area contributed by atoms with Crippen LogP contribution in [0.1, 0.15) is 18.2 Å². The molecule has 0 aliphatic heterocycles. The molecule has 0 bridgehead atoms. The lowest BCUT2D eigenvalue weighted by Gasteiger charge is -2.19. The number of carbonyl (C=O) groups excluding carboxylic acids is 2. The van der Waals surface area contributed by atoms with E-state index in [1.54, 1.807) is 13.1 Å². The molecule has 20 heavy (non-hydrogen) atoms. The first-order valence-corrected chi connectivity index (χ1v) is 6.96. The van der Waals surface area contributed by atoms with Crippen molar-refractivity contribution in [3.63, 3.8) is 0 Å². The summed E-state index contributed by atoms with van der Waals surface area (Å²) in [5.41, 5.74) is 0. The minimum absolute atomic E-state index is 0.251. The molecule has 0 aliphatic rings. The number of hydrogen-bond acceptors (Lipinski definition) is 5. The Balaban J connectivity index is 2.45. The molecule has 106 valence electrons. The second-order valence-electron chi connectivity index (χ2n) is 4.10. The van der Waals surface area contributed by atoms with Crippen molar-refractivity contribution >= 4 is 29.3 Å². The van der Waals surface area contributed by atoms with E-state index in [0.717, 1.165) is 4.88 Å². The van der Waals surface area contributed by atoms with E-state index in [2.05, 4.69) is 0 Å². The highest BCUT2D eigenvalue weighted by atomic mass is 32.1. The second-order valence-corrected chi connectivity index (χ2v) is 5.08. The van der Waals surface area contributed by atoms with Gasteiger partial charge in [-0.2, -0.15) is 5.26 Å². The third-order valence-corrected chi connectivity index (χ3v) is 3.34. The second kappa shape index (κ2) is 8.12. The van der Waals surface area contributed by atoms with Gasteiger partial charge in [0, 0.05) is 24.5 Å². The maximum absolute atomic E-state index is 11.8. The monoisotopic (exact) mass is 292 g/mol. The Morgan fingerprint density at radius 3 is 2.95 bits per heavy atom. The van der Waals surface area contributed by atoms with Crippen molar-refractivity contribution in [3.8, 4) is 6.07 Å². The number of amides is 1. The zero-order valence-electron chi connectivity index (χ0n) is 11.4. The van der Waals surface area contributed by atoms with Gasteiger partial charge in [-0.3, -0.25) is 4.79 Å². The van der Waals surface area contributed by atoms with E-state index < -0.39 is 12.1 Å². The van der Waals surface area contributed by atoms with Crippen LogP contribution in [0.2, 0.25) is 0 Å². The lowest BCUT2D eigenvalue weighted by atomic mass is 10.3. The number of carbonyl (C=O) groups is 2. The Labute approximate surface area is 122 Å². The molecule has 0 N–H and O–H groups in total. The van der Waals surface area contributed by atoms with Gasteiger partial charge in [-0.25, -0.2) is 4.79 Å². The van der Waals surface area contributed by atoms with Crippen LogP contribution in [0, 0.1) is 11.3 Å². The summed E-state index contributed by atoms with van der Waals surface area (Å²) in [5, 5.41) is 10.4. The first-order valence-electron chi connectivity index (χ1n) is 6.08. The number of ether oxygens (including phenoxy) is 1. The van der Waals surface area contributed by atoms with Gasteiger partial charge in [0.05, 0.1) is 12.5 Å². The molecule has 0 saturated heterocycles. The lowest BCUT2D eigenvalue weighted by molar-refractivity contribution is -0.154. The number of rotatable bonds is 6. The zero-order chi connectivity index (χ0) is 15.0. The maximum Gasteiger partial charge on any atom is 0.331 e. The van der Waals surface area contributed by atoms with Gasteiger partial charge in [0.15, 0.2) is 6.10 Å². The Hall–Kier alpha value is -2.13. The molecular weight excluding hydrogens is 276 g/mol. The normalized spacial score (nSPS) is 11.8. The van der Waals surface area contributed by atoms with E-state index in [0.29, 0.717) is 6.54 Å². The van der Waals surface area contributed by atoms with Crippen molar-refractivity contribution in [2.45, 2.75) is 19.4 Å². The van der Waals surface area contributed by atoms with Crippen molar-refractivity contribution in [1.82, 2.24) is 4.90 Å². The van der Waals surface area contributed by atoms with Crippen LogP contribution in [0.5, 0.6) is 0 Å².